The monoisotopic (exact) mass is 420 g/mol. The van der Waals surface area contributed by atoms with E-state index in [1.165, 1.54) is 5.56 Å². The molecule has 1 aliphatic rings. The van der Waals surface area contributed by atoms with Crippen LogP contribution in [0.2, 0.25) is 0 Å². The van der Waals surface area contributed by atoms with E-state index in [1.54, 1.807) is 26.5 Å². The van der Waals surface area contributed by atoms with Crippen LogP contribution in [0, 0.1) is 0 Å². The van der Waals surface area contributed by atoms with Crippen molar-refractivity contribution in [2.24, 2.45) is 0 Å². The number of methoxy groups -OCH3 is 2. The third-order valence-corrected chi connectivity index (χ3v) is 5.30. The Balaban J connectivity index is 1.70. The lowest BCUT2D eigenvalue weighted by Gasteiger charge is -2.37. The number of benzene rings is 1. The Morgan fingerprint density at radius 3 is 2.88 bits per heavy atom. The molecule has 6 nitrogen and oxygen atoms in total. The number of aromatic nitrogens is 2. The van der Waals surface area contributed by atoms with Crippen LogP contribution in [0.15, 0.2) is 34.9 Å². The van der Waals surface area contributed by atoms with Crippen LogP contribution in [-0.4, -0.2) is 55.3 Å². The van der Waals surface area contributed by atoms with Gasteiger partial charge in [-0.2, -0.15) is 4.98 Å². The summed E-state index contributed by atoms with van der Waals surface area (Å²) in [4.78, 5) is 13.5. The molecule has 1 aromatic carbocycles. The number of anilines is 1. The summed E-state index contributed by atoms with van der Waals surface area (Å²) in [6.45, 7) is 2.91. The minimum absolute atomic E-state index is 0.369. The van der Waals surface area contributed by atoms with Crippen LogP contribution >= 0.6 is 15.9 Å². The first-order valence-electron chi connectivity index (χ1n) is 8.75. The summed E-state index contributed by atoms with van der Waals surface area (Å²) in [6.07, 6.45) is 4.02. The van der Waals surface area contributed by atoms with Gasteiger partial charge in [0.05, 0.1) is 14.2 Å². The van der Waals surface area contributed by atoms with Crippen molar-refractivity contribution >= 4 is 21.9 Å². The van der Waals surface area contributed by atoms with E-state index < -0.39 is 0 Å². The molecule has 1 aromatic heterocycles. The molecule has 1 atom stereocenters. The van der Waals surface area contributed by atoms with E-state index in [4.69, 9.17) is 9.47 Å². The molecule has 0 aliphatic carbocycles. The second kappa shape index (κ2) is 8.68. The van der Waals surface area contributed by atoms with Crippen molar-refractivity contribution in [1.82, 2.24) is 14.9 Å². The second-order valence-electron chi connectivity index (χ2n) is 6.50. The van der Waals surface area contributed by atoms with Gasteiger partial charge >= 0.3 is 0 Å². The molecule has 0 N–H and O–H groups in total. The van der Waals surface area contributed by atoms with E-state index in [1.807, 2.05) is 12.1 Å². The van der Waals surface area contributed by atoms with E-state index in [0.717, 1.165) is 42.7 Å². The smallest absolute Gasteiger partial charge is 0.228 e. The molecule has 7 heteroatoms. The largest absolute Gasteiger partial charge is 0.496 e. The van der Waals surface area contributed by atoms with Gasteiger partial charge in [0.15, 0.2) is 0 Å². The van der Waals surface area contributed by atoms with Gasteiger partial charge in [-0.3, -0.25) is 4.90 Å². The average molecular weight is 421 g/mol. The van der Waals surface area contributed by atoms with Gasteiger partial charge in [-0.1, -0.05) is 15.9 Å². The molecule has 140 valence electrons. The SMILES string of the molecule is COc1ccnc(N(C)C2CCCN(Cc3cc(Br)ccc3OC)C2)n1. The predicted octanol–water partition coefficient (Wildman–Crippen LogP) is 3.36. The van der Waals surface area contributed by atoms with Gasteiger partial charge in [0, 0.05) is 48.5 Å². The number of ether oxygens (including phenoxy) is 2. The fraction of sp³-hybridized carbons (Fsp3) is 0.474. The molecular formula is C19H25BrN4O2. The summed E-state index contributed by atoms with van der Waals surface area (Å²) in [5.41, 5.74) is 1.20. The fourth-order valence-corrected chi connectivity index (χ4v) is 3.79. The second-order valence-corrected chi connectivity index (χ2v) is 7.41. The van der Waals surface area contributed by atoms with Gasteiger partial charge in [-0.15, -0.1) is 0 Å². The number of nitrogens with zero attached hydrogens (tertiary/aromatic N) is 4. The first-order valence-corrected chi connectivity index (χ1v) is 9.54. The van der Waals surface area contributed by atoms with Crippen molar-refractivity contribution in [3.8, 4) is 11.6 Å². The first-order chi connectivity index (χ1) is 12.6. The zero-order valence-electron chi connectivity index (χ0n) is 15.5. The molecular weight excluding hydrogens is 396 g/mol. The minimum Gasteiger partial charge on any atom is -0.496 e. The molecule has 2 heterocycles. The molecule has 3 rings (SSSR count). The van der Waals surface area contributed by atoms with Crippen LogP contribution in [0.5, 0.6) is 11.6 Å². The minimum atomic E-state index is 0.369. The standard InChI is InChI=1S/C19H25BrN4O2/c1-23(19-21-9-8-18(22-19)26-3)16-5-4-10-24(13-16)12-14-11-15(20)6-7-17(14)25-2/h6-9,11,16H,4-5,10,12-13H2,1-3H3. The summed E-state index contributed by atoms with van der Waals surface area (Å²) < 4.78 is 11.8. The van der Waals surface area contributed by atoms with Crippen LogP contribution in [0.1, 0.15) is 18.4 Å². The zero-order chi connectivity index (χ0) is 18.5. The molecule has 2 aromatic rings. The number of rotatable bonds is 6. The Hall–Kier alpha value is -1.86. The normalized spacial score (nSPS) is 17.8. The molecule has 0 spiro atoms. The van der Waals surface area contributed by atoms with E-state index in [9.17, 15) is 0 Å². The van der Waals surface area contributed by atoms with Crippen LogP contribution < -0.4 is 14.4 Å². The van der Waals surface area contributed by atoms with E-state index in [-0.39, 0.29) is 0 Å². The maximum absolute atomic E-state index is 5.52. The molecule has 1 fully saturated rings. The average Bonchev–Trinajstić information content (AvgIpc) is 2.68. The van der Waals surface area contributed by atoms with E-state index in [0.29, 0.717) is 17.9 Å². The highest BCUT2D eigenvalue weighted by atomic mass is 79.9. The lowest BCUT2D eigenvalue weighted by atomic mass is 10.0. The van der Waals surface area contributed by atoms with Crippen molar-refractivity contribution in [2.45, 2.75) is 25.4 Å². The van der Waals surface area contributed by atoms with Crippen molar-refractivity contribution in [1.29, 1.82) is 0 Å². The highest BCUT2D eigenvalue weighted by Crippen LogP contribution is 2.27. The quantitative estimate of drug-likeness (QED) is 0.713. The highest BCUT2D eigenvalue weighted by molar-refractivity contribution is 9.10. The Labute approximate surface area is 163 Å². The molecule has 1 saturated heterocycles. The topological polar surface area (TPSA) is 50.7 Å². The van der Waals surface area contributed by atoms with E-state index >= 15 is 0 Å². The summed E-state index contributed by atoms with van der Waals surface area (Å²) in [5, 5.41) is 0. The van der Waals surface area contributed by atoms with Gasteiger partial charge in [0.1, 0.15) is 5.75 Å². The molecule has 0 amide bonds. The lowest BCUT2D eigenvalue weighted by molar-refractivity contribution is 0.196. The summed E-state index contributed by atoms with van der Waals surface area (Å²) in [7, 11) is 5.40. The first kappa shape index (κ1) is 18.9. The van der Waals surface area contributed by atoms with Crippen LogP contribution in [0.3, 0.4) is 0 Å². The third-order valence-electron chi connectivity index (χ3n) is 4.81. The number of likely N-dealkylation sites (N-methyl/N-ethyl adjacent to an activating group) is 1. The maximum Gasteiger partial charge on any atom is 0.228 e. The fourth-order valence-electron chi connectivity index (χ4n) is 3.38. The van der Waals surface area contributed by atoms with Crippen molar-refractivity contribution in [3.63, 3.8) is 0 Å². The number of likely N-dealkylation sites (tertiary alicyclic amines) is 1. The van der Waals surface area contributed by atoms with Crippen LogP contribution in [-0.2, 0) is 6.54 Å². The number of piperidine rings is 1. The Kier molecular flexibility index (Phi) is 6.32. The van der Waals surface area contributed by atoms with E-state index in [2.05, 4.69) is 48.8 Å². The maximum atomic E-state index is 5.52. The summed E-state index contributed by atoms with van der Waals surface area (Å²) in [6, 6.07) is 8.29. The molecule has 26 heavy (non-hydrogen) atoms. The number of halogens is 1. The molecule has 1 unspecified atom stereocenters. The predicted molar refractivity (Wildman–Crippen MR) is 106 cm³/mol. The van der Waals surface area contributed by atoms with Gasteiger partial charge in [0.2, 0.25) is 11.8 Å². The lowest BCUT2D eigenvalue weighted by Crippen LogP contribution is -2.46. The third kappa shape index (κ3) is 4.45. The molecule has 0 radical (unpaired) electrons. The molecule has 1 aliphatic heterocycles. The Morgan fingerprint density at radius 1 is 1.27 bits per heavy atom. The number of hydrogen-bond donors (Lipinski definition) is 0. The van der Waals surface area contributed by atoms with Crippen molar-refractivity contribution < 1.29 is 9.47 Å². The zero-order valence-corrected chi connectivity index (χ0v) is 17.1. The van der Waals surface area contributed by atoms with Crippen LogP contribution in [0.25, 0.3) is 0 Å². The molecule has 0 saturated carbocycles. The van der Waals surface area contributed by atoms with Crippen molar-refractivity contribution in [3.05, 3.63) is 40.5 Å². The highest BCUT2D eigenvalue weighted by Gasteiger charge is 2.25. The van der Waals surface area contributed by atoms with Crippen LogP contribution in [0.4, 0.5) is 5.95 Å². The van der Waals surface area contributed by atoms with Gasteiger partial charge in [-0.05, 0) is 37.6 Å². The Morgan fingerprint density at radius 2 is 2.12 bits per heavy atom. The number of hydrogen-bond acceptors (Lipinski definition) is 6. The summed E-state index contributed by atoms with van der Waals surface area (Å²) in [5.74, 6) is 2.23. The van der Waals surface area contributed by atoms with Gasteiger partial charge in [0.25, 0.3) is 0 Å². The van der Waals surface area contributed by atoms with Gasteiger partial charge in [-0.25, -0.2) is 4.98 Å². The van der Waals surface area contributed by atoms with Crippen molar-refractivity contribution in [2.75, 3.05) is 39.3 Å². The molecule has 0 bridgehead atoms. The van der Waals surface area contributed by atoms with Gasteiger partial charge < -0.3 is 14.4 Å². The summed E-state index contributed by atoms with van der Waals surface area (Å²) >= 11 is 3.56. The Bertz CT molecular complexity index is 743.